The predicted octanol–water partition coefficient (Wildman–Crippen LogP) is 4.46. The zero-order chi connectivity index (χ0) is 17.3. The van der Waals surface area contributed by atoms with E-state index in [1.807, 2.05) is 24.3 Å². The fourth-order valence-electron chi connectivity index (χ4n) is 2.07. The van der Waals surface area contributed by atoms with Gasteiger partial charge in [-0.15, -0.1) is 0 Å². The Bertz CT molecular complexity index is 408. The van der Waals surface area contributed by atoms with E-state index in [9.17, 15) is 9.59 Å². The number of carboxylic acid groups (broad SMARTS) is 1. The van der Waals surface area contributed by atoms with Gasteiger partial charge in [0.2, 0.25) is 0 Å². The summed E-state index contributed by atoms with van der Waals surface area (Å²) >= 11 is 0. The Kier molecular flexibility index (Phi) is 14.1. The summed E-state index contributed by atoms with van der Waals surface area (Å²) in [5, 5.41) is 8.51. The molecule has 0 aliphatic heterocycles. The van der Waals surface area contributed by atoms with Crippen molar-refractivity contribution in [1.29, 1.82) is 0 Å². The maximum atomic E-state index is 11.6. The highest BCUT2D eigenvalue weighted by Crippen LogP contribution is 2.06. The SMILES string of the molecule is CCCC(C=CC=CC=CC(=O)CCCCCCC(=O)O)OC. The van der Waals surface area contributed by atoms with Crippen LogP contribution in [0.25, 0.3) is 0 Å². The first kappa shape index (κ1) is 21.3. The van der Waals surface area contributed by atoms with Gasteiger partial charge in [-0.2, -0.15) is 0 Å². The summed E-state index contributed by atoms with van der Waals surface area (Å²) in [7, 11) is 1.70. The second kappa shape index (κ2) is 15.2. The van der Waals surface area contributed by atoms with Crippen molar-refractivity contribution in [2.45, 2.75) is 64.4 Å². The monoisotopic (exact) mass is 322 g/mol. The first-order valence-corrected chi connectivity index (χ1v) is 8.39. The Hall–Kier alpha value is -1.68. The van der Waals surface area contributed by atoms with Gasteiger partial charge < -0.3 is 9.84 Å². The van der Waals surface area contributed by atoms with Crippen molar-refractivity contribution in [2.24, 2.45) is 0 Å². The van der Waals surface area contributed by atoms with Gasteiger partial charge in [0, 0.05) is 20.0 Å². The summed E-state index contributed by atoms with van der Waals surface area (Å²) in [6, 6.07) is 0. The molecular formula is C19H30O4. The number of allylic oxidation sites excluding steroid dienone is 5. The van der Waals surface area contributed by atoms with Crippen molar-refractivity contribution in [3.63, 3.8) is 0 Å². The fraction of sp³-hybridized carbons (Fsp3) is 0.579. The van der Waals surface area contributed by atoms with E-state index in [0.29, 0.717) is 12.8 Å². The van der Waals surface area contributed by atoms with Crippen LogP contribution in [-0.2, 0) is 14.3 Å². The van der Waals surface area contributed by atoms with Gasteiger partial charge in [0.05, 0.1) is 6.10 Å². The van der Waals surface area contributed by atoms with Crippen molar-refractivity contribution < 1.29 is 19.4 Å². The minimum atomic E-state index is -0.753. The third-order valence-corrected chi connectivity index (χ3v) is 3.38. The molecule has 130 valence electrons. The lowest BCUT2D eigenvalue weighted by atomic mass is 10.1. The standard InChI is InChI=1S/C19H30O4/c1-3-12-18(23-2)15-10-6-4-8-13-17(20)14-9-5-7-11-16-19(21)22/h4,6,8,10,13,15,18H,3,5,7,9,11-12,14,16H2,1-2H3,(H,21,22). The summed E-state index contributed by atoms with van der Waals surface area (Å²) in [4.78, 5) is 21.9. The second-order valence-corrected chi connectivity index (χ2v) is 5.47. The molecule has 0 amide bonds. The van der Waals surface area contributed by atoms with Crippen LogP contribution in [0, 0.1) is 0 Å². The second-order valence-electron chi connectivity index (χ2n) is 5.47. The van der Waals surface area contributed by atoms with Gasteiger partial charge in [-0.3, -0.25) is 9.59 Å². The number of unbranched alkanes of at least 4 members (excludes halogenated alkanes) is 3. The smallest absolute Gasteiger partial charge is 0.303 e. The van der Waals surface area contributed by atoms with Crippen LogP contribution >= 0.6 is 0 Å². The van der Waals surface area contributed by atoms with Crippen LogP contribution in [0.3, 0.4) is 0 Å². The number of rotatable bonds is 14. The van der Waals surface area contributed by atoms with Crippen LogP contribution in [0.2, 0.25) is 0 Å². The molecule has 0 spiro atoms. The number of hydrogen-bond acceptors (Lipinski definition) is 3. The van der Waals surface area contributed by atoms with E-state index in [0.717, 1.165) is 32.1 Å². The Morgan fingerprint density at radius 3 is 2.26 bits per heavy atom. The first-order chi connectivity index (χ1) is 11.1. The highest BCUT2D eigenvalue weighted by molar-refractivity contribution is 5.89. The average molecular weight is 322 g/mol. The average Bonchev–Trinajstić information content (AvgIpc) is 2.52. The third kappa shape index (κ3) is 15.0. The van der Waals surface area contributed by atoms with Crippen LogP contribution in [0.15, 0.2) is 36.5 Å². The van der Waals surface area contributed by atoms with Gasteiger partial charge in [0.1, 0.15) is 0 Å². The van der Waals surface area contributed by atoms with Gasteiger partial charge >= 0.3 is 5.97 Å². The van der Waals surface area contributed by atoms with Crippen LogP contribution in [0.5, 0.6) is 0 Å². The van der Waals surface area contributed by atoms with E-state index in [4.69, 9.17) is 9.84 Å². The quantitative estimate of drug-likeness (QED) is 0.291. The Labute approximate surface area is 139 Å². The molecule has 0 aromatic carbocycles. The highest BCUT2D eigenvalue weighted by atomic mass is 16.5. The minimum Gasteiger partial charge on any atom is -0.481 e. The summed E-state index contributed by atoms with van der Waals surface area (Å²) in [6.45, 7) is 2.12. The van der Waals surface area contributed by atoms with Gasteiger partial charge in [0.25, 0.3) is 0 Å². The van der Waals surface area contributed by atoms with Crippen molar-refractivity contribution in [1.82, 2.24) is 0 Å². The summed E-state index contributed by atoms with van der Waals surface area (Å²) in [6.07, 6.45) is 17.2. The molecule has 1 unspecified atom stereocenters. The maximum Gasteiger partial charge on any atom is 0.303 e. The fourth-order valence-corrected chi connectivity index (χ4v) is 2.07. The molecule has 4 nitrogen and oxygen atoms in total. The third-order valence-electron chi connectivity index (χ3n) is 3.38. The van der Waals surface area contributed by atoms with Gasteiger partial charge in [-0.1, -0.05) is 56.6 Å². The number of carboxylic acids is 1. The van der Waals surface area contributed by atoms with Crippen molar-refractivity contribution in [3.05, 3.63) is 36.5 Å². The first-order valence-electron chi connectivity index (χ1n) is 8.39. The van der Waals surface area contributed by atoms with E-state index in [-0.39, 0.29) is 18.3 Å². The Morgan fingerprint density at radius 1 is 1.00 bits per heavy atom. The van der Waals surface area contributed by atoms with Gasteiger partial charge in [0.15, 0.2) is 5.78 Å². The van der Waals surface area contributed by atoms with E-state index in [1.54, 1.807) is 19.3 Å². The van der Waals surface area contributed by atoms with Crippen molar-refractivity contribution in [3.8, 4) is 0 Å². The molecule has 0 bridgehead atoms. The number of hydrogen-bond donors (Lipinski definition) is 1. The summed E-state index contributed by atoms with van der Waals surface area (Å²) < 4.78 is 5.30. The largest absolute Gasteiger partial charge is 0.481 e. The molecular weight excluding hydrogens is 292 g/mol. The van der Waals surface area contributed by atoms with E-state index in [2.05, 4.69) is 6.92 Å². The lowest BCUT2D eigenvalue weighted by Crippen LogP contribution is -2.05. The molecule has 0 rings (SSSR count). The molecule has 0 heterocycles. The molecule has 0 radical (unpaired) electrons. The number of carbonyl (C=O) groups is 2. The Balaban J connectivity index is 3.77. The molecule has 0 aliphatic rings. The number of ketones is 1. The summed E-state index contributed by atoms with van der Waals surface area (Å²) in [5.74, 6) is -0.644. The molecule has 0 saturated carbocycles. The van der Waals surface area contributed by atoms with E-state index in [1.165, 1.54) is 0 Å². The number of methoxy groups -OCH3 is 1. The predicted molar refractivity (Wildman–Crippen MR) is 93.5 cm³/mol. The molecule has 4 heteroatoms. The Morgan fingerprint density at radius 2 is 1.65 bits per heavy atom. The van der Waals surface area contributed by atoms with Crippen LogP contribution in [0.4, 0.5) is 0 Å². The molecule has 0 aromatic rings. The van der Waals surface area contributed by atoms with E-state index >= 15 is 0 Å². The molecule has 0 fully saturated rings. The maximum absolute atomic E-state index is 11.6. The zero-order valence-corrected chi connectivity index (χ0v) is 14.4. The summed E-state index contributed by atoms with van der Waals surface area (Å²) in [5.41, 5.74) is 0. The molecule has 0 aromatic heterocycles. The van der Waals surface area contributed by atoms with Crippen LogP contribution in [-0.4, -0.2) is 30.1 Å². The van der Waals surface area contributed by atoms with Crippen LogP contribution < -0.4 is 0 Å². The number of carbonyl (C=O) groups excluding carboxylic acids is 1. The van der Waals surface area contributed by atoms with E-state index < -0.39 is 5.97 Å². The topological polar surface area (TPSA) is 63.6 Å². The van der Waals surface area contributed by atoms with Gasteiger partial charge in [-0.25, -0.2) is 0 Å². The lowest BCUT2D eigenvalue weighted by Gasteiger charge is -2.07. The molecule has 0 saturated heterocycles. The number of ether oxygens (including phenoxy) is 1. The normalized spacial score (nSPS) is 13.3. The molecule has 1 atom stereocenters. The van der Waals surface area contributed by atoms with Gasteiger partial charge in [-0.05, 0) is 25.3 Å². The minimum absolute atomic E-state index is 0.109. The zero-order valence-electron chi connectivity index (χ0n) is 14.4. The molecule has 23 heavy (non-hydrogen) atoms. The number of aliphatic carboxylic acids is 1. The van der Waals surface area contributed by atoms with Crippen molar-refractivity contribution in [2.75, 3.05) is 7.11 Å². The van der Waals surface area contributed by atoms with Crippen molar-refractivity contribution >= 4 is 11.8 Å². The highest BCUT2D eigenvalue weighted by Gasteiger charge is 1.99. The molecule has 0 aliphatic carbocycles. The van der Waals surface area contributed by atoms with Crippen LogP contribution in [0.1, 0.15) is 58.3 Å². The molecule has 1 N–H and O–H groups in total. The lowest BCUT2D eigenvalue weighted by molar-refractivity contribution is -0.137.